The molecule has 0 aliphatic heterocycles. The Balaban J connectivity index is 2.09. The summed E-state index contributed by atoms with van der Waals surface area (Å²) in [5, 5.41) is 13.9. The van der Waals surface area contributed by atoms with Crippen LogP contribution in [0.4, 0.5) is 10.1 Å². The predicted molar refractivity (Wildman–Crippen MR) is 79.5 cm³/mol. The van der Waals surface area contributed by atoms with E-state index in [1.54, 1.807) is 30.3 Å². The van der Waals surface area contributed by atoms with Crippen LogP contribution in [-0.2, 0) is 0 Å². The van der Waals surface area contributed by atoms with Gasteiger partial charge in [-0.25, -0.2) is 4.39 Å². The molecule has 2 aromatic carbocycles. The Labute approximate surface area is 122 Å². The molecule has 0 amide bonds. The standard InChI is InChI=1S/C16H17FN2O2/c1-11(13-7-9-14(10-8-13)19(20)21)18-12(2)15-5-3-4-6-16(15)17/h3-12,18H,1-2H3/t11?,12-/m1/s1. The van der Waals surface area contributed by atoms with Gasteiger partial charge in [0.1, 0.15) is 5.82 Å². The largest absolute Gasteiger partial charge is 0.304 e. The summed E-state index contributed by atoms with van der Waals surface area (Å²) in [6.45, 7) is 3.83. The van der Waals surface area contributed by atoms with Gasteiger partial charge in [-0.2, -0.15) is 0 Å². The average Bonchev–Trinajstić information content (AvgIpc) is 2.47. The molecule has 0 heterocycles. The fourth-order valence-corrected chi connectivity index (χ4v) is 2.27. The molecule has 0 spiro atoms. The molecule has 2 aromatic rings. The van der Waals surface area contributed by atoms with Gasteiger partial charge in [-0.05, 0) is 25.5 Å². The van der Waals surface area contributed by atoms with Crippen LogP contribution in [0.1, 0.15) is 37.1 Å². The van der Waals surface area contributed by atoms with Gasteiger partial charge in [-0.15, -0.1) is 0 Å². The number of nitro benzene ring substituents is 1. The van der Waals surface area contributed by atoms with Gasteiger partial charge in [0.05, 0.1) is 4.92 Å². The highest BCUT2D eigenvalue weighted by atomic mass is 19.1. The van der Waals surface area contributed by atoms with Gasteiger partial charge < -0.3 is 5.32 Å². The highest BCUT2D eigenvalue weighted by Crippen LogP contribution is 2.22. The van der Waals surface area contributed by atoms with Crippen molar-refractivity contribution >= 4 is 5.69 Å². The molecule has 4 nitrogen and oxygen atoms in total. The van der Waals surface area contributed by atoms with Crippen LogP contribution in [0.15, 0.2) is 48.5 Å². The maximum Gasteiger partial charge on any atom is 0.269 e. The van der Waals surface area contributed by atoms with Gasteiger partial charge in [-0.1, -0.05) is 30.3 Å². The maximum absolute atomic E-state index is 13.7. The molecular weight excluding hydrogens is 271 g/mol. The van der Waals surface area contributed by atoms with Gasteiger partial charge >= 0.3 is 0 Å². The summed E-state index contributed by atoms with van der Waals surface area (Å²) < 4.78 is 13.7. The van der Waals surface area contributed by atoms with Crippen LogP contribution in [0.25, 0.3) is 0 Å². The van der Waals surface area contributed by atoms with Crippen molar-refractivity contribution in [2.24, 2.45) is 0 Å². The van der Waals surface area contributed by atoms with E-state index >= 15 is 0 Å². The summed E-state index contributed by atoms with van der Waals surface area (Å²) in [5.74, 6) is -0.242. The summed E-state index contributed by atoms with van der Waals surface area (Å²) in [6.07, 6.45) is 0. The Bertz CT molecular complexity index is 628. The second-order valence-electron chi connectivity index (χ2n) is 4.98. The fourth-order valence-electron chi connectivity index (χ4n) is 2.27. The second-order valence-corrected chi connectivity index (χ2v) is 4.98. The first-order chi connectivity index (χ1) is 9.99. The molecule has 21 heavy (non-hydrogen) atoms. The highest BCUT2D eigenvalue weighted by Gasteiger charge is 2.14. The number of non-ortho nitro benzene ring substituents is 1. The van der Waals surface area contributed by atoms with E-state index in [4.69, 9.17) is 0 Å². The van der Waals surface area contributed by atoms with Crippen LogP contribution >= 0.6 is 0 Å². The van der Waals surface area contributed by atoms with Crippen molar-refractivity contribution in [3.05, 3.63) is 75.6 Å². The van der Waals surface area contributed by atoms with Crippen molar-refractivity contribution in [2.45, 2.75) is 25.9 Å². The van der Waals surface area contributed by atoms with Crippen LogP contribution in [0, 0.1) is 15.9 Å². The van der Waals surface area contributed by atoms with E-state index in [0.29, 0.717) is 5.56 Å². The molecule has 1 unspecified atom stereocenters. The molecule has 1 N–H and O–H groups in total. The van der Waals surface area contributed by atoms with E-state index in [2.05, 4.69) is 5.32 Å². The SMILES string of the molecule is CC(N[C@H](C)c1ccccc1F)c1ccc([N+](=O)[O-])cc1. The topological polar surface area (TPSA) is 55.2 Å². The zero-order valence-electron chi connectivity index (χ0n) is 11.9. The third-order valence-corrected chi connectivity index (χ3v) is 3.48. The van der Waals surface area contributed by atoms with Crippen molar-refractivity contribution in [3.8, 4) is 0 Å². The lowest BCUT2D eigenvalue weighted by atomic mass is 10.0. The van der Waals surface area contributed by atoms with Crippen molar-refractivity contribution in [3.63, 3.8) is 0 Å². The Morgan fingerprint density at radius 2 is 1.67 bits per heavy atom. The van der Waals surface area contributed by atoms with E-state index in [1.807, 2.05) is 13.8 Å². The maximum atomic E-state index is 13.7. The molecule has 0 aromatic heterocycles. The van der Waals surface area contributed by atoms with E-state index < -0.39 is 4.92 Å². The summed E-state index contributed by atoms with van der Waals surface area (Å²) in [5.41, 5.74) is 1.59. The first-order valence-electron chi connectivity index (χ1n) is 6.74. The third-order valence-electron chi connectivity index (χ3n) is 3.48. The minimum Gasteiger partial charge on any atom is -0.304 e. The Morgan fingerprint density at radius 1 is 1.05 bits per heavy atom. The molecule has 2 rings (SSSR count). The smallest absolute Gasteiger partial charge is 0.269 e. The minimum absolute atomic E-state index is 0.0413. The molecule has 110 valence electrons. The Morgan fingerprint density at radius 3 is 2.24 bits per heavy atom. The zero-order valence-corrected chi connectivity index (χ0v) is 11.9. The van der Waals surface area contributed by atoms with Gasteiger partial charge in [0, 0.05) is 29.8 Å². The quantitative estimate of drug-likeness (QED) is 0.664. The number of nitrogens with zero attached hydrogens (tertiary/aromatic N) is 1. The fraction of sp³-hybridized carbons (Fsp3) is 0.250. The number of nitrogens with one attached hydrogen (secondary N) is 1. The van der Waals surface area contributed by atoms with Crippen molar-refractivity contribution in [1.29, 1.82) is 0 Å². The lowest BCUT2D eigenvalue weighted by molar-refractivity contribution is -0.384. The van der Waals surface area contributed by atoms with E-state index in [0.717, 1.165) is 5.56 Å². The van der Waals surface area contributed by atoms with Gasteiger partial charge in [0.15, 0.2) is 0 Å². The highest BCUT2D eigenvalue weighted by molar-refractivity contribution is 5.34. The lowest BCUT2D eigenvalue weighted by Crippen LogP contribution is -2.23. The van der Waals surface area contributed by atoms with Crippen LogP contribution in [0.3, 0.4) is 0 Å². The van der Waals surface area contributed by atoms with E-state index in [-0.39, 0.29) is 23.6 Å². The number of nitro groups is 1. The zero-order chi connectivity index (χ0) is 15.4. The summed E-state index contributed by atoms with van der Waals surface area (Å²) in [4.78, 5) is 10.2. The first-order valence-corrected chi connectivity index (χ1v) is 6.74. The van der Waals surface area contributed by atoms with Gasteiger partial charge in [0.2, 0.25) is 0 Å². The normalized spacial score (nSPS) is 13.7. The van der Waals surface area contributed by atoms with Crippen LogP contribution in [0.2, 0.25) is 0 Å². The minimum atomic E-state index is -0.427. The Hall–Kier alpha value is -2.27. The average molecular weight is 288 g/mol. The molecule has 5 heteroatoms. The number of halogens is 1. The molecule has 2 atom stereocenters. The van der Waals surface area contributed by atoms with Gasteiger partial charge in [-0.3, -0.25) is 10.1 Å². The van der Waals surface area contributed by atoms with E-state index in [1.165, 1.54) is 18.2 Å². The number of rotatable bonds is 5. The molecule has 0 aliphatic carbocycles. The number of benzene rings is 2. The summed E-state index contributed by atoms with van der Waals surface area (Å²) in [7, 11) is 0. The summed E-state index contributed by atoms with van der Waals surface area (Å²) >= 11 is 0. The molecule has 0 saturated heterocycles. The second kappa shape index (κ2) is 6.45. The molecule has 0 bridgehead atoms. The third kappa shape index (κ3) is 3.64. The van der Waals surface area contributed by atoms with Crippen LogP contribution in [0.5, 0.6) is 0 Å². The number of hydrogen-bond donors (Lipinski definition) is 1. The van der Waals surface area contributed by atoms with Crippen molar-refractivity contribution in [1.82, 2.24) is 5.32 Å². The monoisotopic (exact) mass is 288 g/mol. The van der Waals surface area contributed by atoms with Crippen LogP contribution < -0.4 is 5.32 Å². The lowest BCUT2D eigenvalue weighted by Gasteiger charge is -2.21. The Kier molecular flexibility index (Phi) is 4.65. The molecule has 0 radical (unpaired) electrons. The molecule has 0 saturated carbocycles. The number of hydrogen-bond acceptors (Lipinski definition) is 3. The molecular formula is C16H17FN2O2. The van der Waals surface area contributed by atoms with Gasteiger partial charge in [0.25, 0.3) is 5.69 Å². The van der Waals surface area contributed by atoms with Crippen molar-refractivity contribution < 1.29 is 9.31 Å². The van der Waals surface area contributed by atoms with E-state index in [9.17, 15) is 14.5 Å². The predicted octanol–water partition coefficient (Wildman–Crippen LogP) is 4.15. The summed E-state index contributed by atoms with van der Waals surface area (Å²) in [6, 6.07) is 12.8. The van der Waals surface area contributed by atoms with Crippen LogP contribution in [-0.4, -0.2) is 4.92 Å². The van der Waals surface area contributed by atoms with Crippen molar-refractivity contribution in [2.75, 3.05) is 0 Å². The molecule has 0 aliphatic rings. The first kappa shape index (κ1) is 15.1. The molecule has 0 fully saturated rings.